The van der Waals surface area contributed by atoms with Gasteiger partial charge in [0.25, 0.3) is 0 Å². The molecule has 2 N–H and O–H groups in total. The average molecular weight is 482 g/mol. The normalized spacial score (nSPS) is 15.9. The summed E-state index contributed by atoms with van der Waals surface area (Å²) in [6, 6.07) is 6.42. The minimum absolute atomic E-state index is 0.249. The van der Waals surface area contributed by atoms with Gasteiger partial charge in [-0.1, -0.05) is 30.5 Å². The highest BCUT2D eigenvalue weighted by Crippen LogP contribution is 2.30. The van der Waals surface area contributed by atoms with Crippen molar-refractivity contribution in [1.82, 2.24) is 15.2 Å². The summed E-state index contributed by atoms with van der Waals surface area (Å²) in [6.45, 7) is 16.5. The van der Waals surface area contributed by atoms with Crippen LogP contribution in [0.3, 0.4) is 0 Å². The van der Waals surface area contributed by atoms with E-state index in [1.54, 1.807) is 6.92 Å². The summed E-state index contributed by atoms with van der Waals surface area (Å²) in [5.41, 5.74) is 4.63. The van der Waals surface area contributed by atoms with Gasteiger partial charge in [-0.15, -0.1) is 0 Å². The molecular weight excluding hydrogens is 442 g/mol. The van der Waals surface area contributed by atoms with Crippen molar-refractivity contribution in [2.45, 2.75) is 51.4 Å². The largest absolute Gasteiger partial charge is 0.448 e. The molecule has 1 aliphatic heterocycles. The van der Waals surface area contributed by atoms with Gasteiger partial charge in [-0.3, -0.25) is 5.41 Å². The first-order valence-corrected chi connectivity index (χ1v) is 13.0. The molecular formula is C27H39N5OS. The van der Waals surface area contributed by atoms with Crippen LogP contribution in [0, 0.1) is 12.3 Å². The molecule has 0 aliphatic carbocycles. The van der Waals surface area contributed by atoms with Crippen molar-refractivity contribution in [3.8, 4) is 0 Å². The molecule has 0 saturated carbocycles. The third-order valence-electron chi connectivity index (χ3n) is 6.48. The van der Waals surface area contributed by atoms with Crippen molar-refractivity contribution in [3.63, 3.8) is 0 Å². The van der Waals surface area contributed by atoms with Gasteiger partial charge in [0.2, 0.25) is 0 Å². The monoisotopic (exact) mass is 481 g/mol. The number of aryl methyl sites for hydroxylation is 2. The molecule has 2 heterocycles. The van der Waals surface area contributed by atoms with E-state index < -0.39 is 0 Å². The Labute approximate surface area is 208 Å². The molecule has 1 aromatic heterocycles. The Kier molecular flexibility index (Phi) is 10.1. The van der Waals surface area contributed by atoms with E-state index in [4.69, 9.17) is 14.8 Å². The maximum atomic E-state index is 7.73. The molecule has 7 heteroatoms. The van der Waals surface area contributed by atoms with Crippen molar-refractivity contribution in [2.75, 3.05) is 39.8 Å². The molecule has 1 aliphatic rings. The van der Waals surface area contributed by atoms with E-state index in [1.807, 2.05) is 6.26 Å². The quantitative estimate of drug-likeness (QED) is 0.238. The first-order chi connectivity index (χ1) is 16.4. The van der Waals surface area contributed by atoms with Gasteiger partial charge in [0.1, 0.15) is 6.26 Å². The molecule has 2 aromatic rings. The van der Waals surface area contributed by atoms with E-state index in [1.165, 1.54) is 22.9 Å². The number of piperidine rings is 1. The zero-order valence-corrected chi connectivity index (χ0v) is 21.7. The first kappa shape index (κ1) is 26.4. The number of benzene rings is 1. The second kappa shape index (κ2) is 13.0. The number of nitrogens with zero attached hydrogens (tertiary/aromatic N) is 3. The fourth-order valence-electron chi connectivity index (χ4n) is 4.48. The molecule has 0 spiro atoms. The van der Waals surface area contributed by atoms with Crippen LogP contribution in [-0.2, 0) is 6.42 Å². The lowest BCUT2D eigenvalue weighted by molar-refractivity contribution is 0.237. The average Bonchev–Trinajstić information content (AvgIpc) is 3.27. The van der Waals surface area contributed by atoms with Crippen LogP contribution in [0.4, 0.5) is 0 Å². The van der Waals surface area contributed by atoms with Crippen molar-refractivity contribution in [2.24, 2.45) is 4.99 Å². The Morgan fingerprint density at radius 1 is 1.38 bits per heavy atom. The van der Waals surface area contributed by atoms with Crippen LogP contribution in [0.15, 0.2) is 40.5 Å². The van der Waals surface area contributed by atoms with Gasteiger partial charge in [-0.2, -0.15) is 0 Å². The Morgan fingerprint density at radius 3 is 2.85 bits per heavy atom. The molecule has 184 valence electrons. The SMILES string of the molecule is C=NCC(CNCCCc1coc(C2CCN(C)CC2)n1)c1cc(C(=C)SC(C)=N)ccc1C. The molecule has 34 heavy (non-hydrogen) atoms. The molecule has 1 unspecified atom stereocenters. The Balaban J connectivity index is 1.49. The second-order valence-corrected chi connectivity index (χ2v) is 10.6. The van der Waals surface area contributed by atoms with Gasteiger partial charge in [-0.25, -0.2) is 4.98 Å². The van der Waals surface area contributed by atoms with Gasteiger partial charge in [0.05, 0.1) is 10.7 Å². The number of hydrogen-bond donors (Lipinski definition) is 2. The number of likely N-dealkylation sites (tertiary alicyclic amines) is 1. The Bertz CT molecular complexity index is 977. The lowest BCUT2D eigenvalue weighted by Crippen LogP contribution is -2.29. The lowest BCUT2D eigenvalue weighted by atomic mass is 9.92. The molecule has 1 fully saturated rings. The molecule has 6 nitrogen and oxygen atoms in total. The van der Waals surface area contributed by atoms with E-state index >= 15 is 0 Å². The summed E-state index contributed by atoms with van der Waals surface area (Å²) < 4.78 is 5.80. The Morgan fingerprint density at radius 2 is 2.15 bits per heavy atom. The summed E-state index contributed by atoms with van der Waals surface area (Å²) >= 11 is 1.40. The summed E-state index contributed by atoms with van der Waals surface area (Å²) in [7, 11) is 2.17. The highest BCUT2D eigenvalue weighted by molar-refractivity contribution is 8.21. The molecule has 0 bridgehead atoms. The number of aromatic nitrogens is 1. The maximum Gasteiger partial charge on any atom is 0.197 e. The van der Waals surface area contributed by atoms with Crippen molar-refractivity contribution >= 4 is 28.4 Å². The van der Waals surface area contributed by atoms with Crippen LogP contribution in [-0.4, -0.2) is 61.4 Å². The van der Waals surface area contributed by atoms with Crippen molar-refractivity contribution in [3.05, 3.63) is 59.3 Å². The third kappa shape index (κ3) is 7.65. The Hall–Kier alpha value is -2.22. The summed E-state index contributed by atoms with van der Waals surface area (Å²) in [5, 5.41) is 11.9. The third-order valence-corrected chi connectivity index (χ3v) is 7.27. The number of oxazole rings is 1. The minimum Gasteiger partial charge on any atom is -0.448 e. The van der Waals surface area contributed by atoms with Crippen LogP contribution >= 0.6 is 11.8 Å². The number of rotatable bonds is 12. The van der Waals surface area contributed by atoms with Gasteiger partial charge < -0.3 is 19.6 Å². The van der Waals surface area contributed by atoms with Gasteiger partial charge >= 0.3 is 0 Å². The van der Waals surface area contributed by atoms with E-state index in [0.29, 0.717) is 17.5 Å². The van der Waals surface area contributed by atoms with Gasteiger partial charge in [0.15, 0.2) is 5.89 Å². The highest BCUT2D eigenvalue weighted by atomic mass is 32.2. The van der Waals surface area contributed by atoms with Crippen molar-refractivity contribution < 1.29 is 4.42 Å². The van der Waals surface area contributed by atoms with E-state index in [2.05, 4.69) is 60.7 Å². The summed E-state index contributed by atoms with van der Waals surface area (Å²) in [6.07, 6.45) is 6.03. The molecule has 1 saturated heterocycles. The minimum atomic E-state index is 0.249. The van der Waals surface area contributed by atoms with Crippen molar-refractivity contribution in [1.29, 1.82) is 5.41 Å². The zero-order valence-electron chi connectivity index (χ0n) is 20.9. The highest BCUT2D eigenvalue weighted by Gasteiger charge is 2.22. The van der Waals surface area contributed by atoms with Crippen LogP contribution < -0.4 is 5.32 Å². The van der Waals surface area contributed by atoms with Crippen LogP contribution in [0.25, 0.3) is 4.91 Å². The standard InChI is InChI=1S/C27H39N5OS/c1-19-8-9-23(20(2)34-21(3)28)15-26(19)24(16-29-4)17-30-12-6-7-25-18-33-27(31-25)22-10-13-32(5)14-11-22/h8-9,15,18,22,24,28,30H,2,4,6-7,10-14,16-17H2,1,3,5H3. The lowest BCUT2D eigenvalue weighted by Gasteiger charge is -2.26. The number of nitrogens with one attached hydrogen (secondary N) is 2. The topological polar surface area (TPSA) is 77.5 Å². The predicted octanol–water partition coefficient (Wildman–Crippen LogP) is 5.50. The molecule has 0 radical (unpaired) electrons. The first-order valence-electron chi connectivity index (χ1n) is 12.2. The predicted molar refractivity (Wildman–Crippen MR) is 146 cm³/mol. The molecule has 3 rings (SSSR count). The van der Waals surface area contributed by atoms with E-state index in [0.717, 1.165) is 73.9 Å². The second-order valence-electron chi connectivity index (χ2n) is 9.32. The smallest absolute Gasteiger partial charge is 0.197 e. The van der Waals surface area contributed by atoms with E-state index in [-0.39, 0.29) is 5.92 Å². The van der Waals surface area contributed by atoms with E-state index in [9.17, 15) is 0 Å². The fourth-order valence-corrected chi connectivity index (χ4v) is 5.09. The number of aliphatic imine (C=N–C) groups is 1. The fraction of sp³-hybridized carbons (Fsp3) is 0.519. The summed E-state index contributed by atoms with van der Waals surface area (Å²) in [5.74, 6) is 1.63. The molecule has 1 atom stereocenters. The maximum absolute atomic E-state index is 7.73. The number of hydrogen-bond acceptors (Lipinski definition) is 7. The zero-order chi connectivity index (χ0) is 24.5. The summed E-state index contributed by atoms with van der Waals surface area (Å²) in [4.78, 5) is 12.2. The van der Waals surface area contributed by atoms with Crippen LogP contribution in [0.5, 0.6) is 0 Å². The molecule has 1 aromatic carbocycles. The van der Waals surface area contributed by atoms with Gasteiger partial charge in [-0.05, 0) is 95.7 Å². The molecule has 0 amide bonds. The van der Waals surface area contributed by atoms with Crippen LogP contribution in [0.1, 0.15) is 66.3 Å². The van der Waals surface area contributed by atoms with Crippen LogP contribution in [0.2, 0.25) is 0 Å². The van der Waals surface area contributed by atoms with Gasteiger partial charge in [0, 0.05) is 29.8 Å². The number of thioether (sulfide) groups is 1.